The van der Waals surface area contributed by atoms with Crippen molar-refractivity contribution in [3.05, 3.63) is 53.6 Å². The molecule has 2 N–H and O–H groups in total. The third-order valence-electron chi connectivity index (χ3n) is 4.26. The third-order valence-corrected chi connectivity index (χ3v) is 5.46. The number of nitrogens with zero attached hydrogens (tertiary/aromatic N) is 1. The van der Waals surface area contributed by atoms with Gasteiger partial charge in [0.25, 0.3) is 11.8 Å². The largest absolute Gasteiger partial charge is 0.497 e. The molecular weight excluding hydrogens is 394 g/mol. The molecule has 8 nitrogen and oxygen atoms in total. The minimum absolute atomic E-state index is 0.196. The first-order valence-corrected chi connectivity index (χ1v) is 9.82. The summed E-state index contributed by atoms with van der Waals surface area (Å²) in [6.07, 6.45) is 0. The van der Waals surface area contributed by atoms with Crippen molar-refractivity contribution in [2.24, 2.45) is 0 Å². The number of hydrogen-bond acceptors (Lipinski definition) is 6. The first-order valence-electron chi connectivity index (χ1n) is 8.77. The van der Waals surface area contributed by atoms with E-state index in [2.05, 4.69) is 10.7 Å². The summed E-state index contributed by atoms with van der Waals surface area (Å²) >= 11 is 1.39. The van der Waals surface area contributed by atoms with Gasteiger partial charge in [-0.1, -0.05) is 0 Å². The van der Waals surface area contributed by atoms with Gasteiger partial charge in [-0.25, -0.2) is 5.01 Å². The van der Waals surface area contributed by atoms with Crippen LogP contribution in [0.1, 0.15) is 28.2 Å². The highest BCUT2D eigenvalue weighted by atomic mass is 32.2. The quantitative estimate of drug-likeness (QED) is 0.753. The maximum atomic E-state index is 12.7. The smallest absolute Gasteiger partial charge is 0.269 e. The molecule has 1 atom stereocenters. The van der Waals surface area contributed by atoms with E-state index in [-0.39, 0.29) is 17.6 Å². The number of amides is 3. The van der Waals surface area contributed by atoms with Gasteiger partial charge in [-0.3, -0.25) is 19.8 Å². The highest BCUT2D eigenvalue weighted by Crippen LogP contribution is 2.42. The van der Waals surface area contributed by atoms with Crippen molar-refractivity contribution in [3.8, 4) is 11.5 Å². The zero-order valence-electron chi connectivity index (χ0n) is 16.2. The van der Waals surface area contributed by atoms with Crippen LogP contribution < -0.4 is 20.2 Å². The van der Waals surface area contributed by atoms with E-state index in [1.54, 1.807) is 50.6 Å². The molecule has 1 aliphatic heterocycles. The van der Waals surface area contributed by atoms with Gasteiger partial charge in [-0.05, 0) is 36.4 Å². The Morgan fingerprint density at radius 2 is 1.83 bits per heavy atom. The summed E-state index contributed by atoms with van der Waals surface area (Å²) in [7, 11) is 3.10. The Kier molecular flexibility index (Phi) is 6.28. The van der Waals surface area contributed by atoms with Crippen LogP contribution in [0.4, 0.5) is 5.69 Å². The molecule has 2 aromatic rings. The number of hydrazine groups is 1. The molecule has 0 bridgehead atoms. The fraction of sp³-hybridized carbons (Fsp3) is 0.250. The van der Waals surface area contributed by atoms with Crippen LogP contribution >= 0.6 is 11.8 Å². The summed E-state index contributed by atoms with van der Waals surface area (Å²) in [6, 6.07) is 11.7. The molecule has 0 aliphatic carbocycles. The predicted molar refractivity (Wildman–Crippen MR) is 110 cm³/mol. The van der Waals surface area contributed by atoms with E-state index in [1.807, 2.05) is 6.07 Å². The lowest BCUT2D eigenvalue weighted by Crippen LogP contribution is -2.44. The number of carbonyl (C=O) groups excluding carboxylic acids is 3. The van der Waals surface area contributed by atoms with Crippen LogP contribution in [0.5, 0.6) is 11.5 Å². The zero-order chi connectivity index (χ0) is 21.0. The number of thioether (sulfide) groups is 1. The van der Waals surface area contributed by atoms with E-state index in [0.717, 1.165) is 5.56 Å². The number of hydrogen-bond donors (Lipinski definition) is 2. The minimum atomic E-state index is -0.425. The molecule has 1 fully saturated rings. The van der Waals surface area contributed by atoms with Crippen molar-refractivity contribution >= 4 is 35.2 Å². The van der Waals surface area contributed by atoms with Gasteiger partial charge in [0.2, 0.25) is 5.91 Å². The Hall–Kier alpha value is -3.20. The topological polar surface area (TPSA) is 97.0 Å². The van der Waals surface area contributed by atoms with E-state index in [4.69, 9.17) is 9.47 Å². The third kappa shape index (κ3) is 4.62. The Labute approximate surface area is 172 Å². The first kappa shape index (κ1) is 20.5. The fourth-order valence-corrected chi connectivity index (χ4v) is 4.01. The molecule has 0 saturated carbocycles. The molecule has 3 rings (SSSR count). The number of rotatable bonds is 6. The standard InChI is InChI=1S/C20H21N3O5S/c1-12(24)21-14-6-4-13(5-7-14)19(26)22-23-18(25)11-29-20(23)16-9-8-15(27-2)10-17(16)28-3/h4-10,20H,11H2,1-3H3,(H,21,24)(H,22,26). The van der Waals surface area contributed by atoms with E-state index >= 15 is 0 Å². The highest BCUT2D eigenvalue weighted by Gasteiger charge is 2.36. The molecule has 9 heteroatoms. The molecule has 0 spiro atoms. The van der Waals surface area contributed by atoms with E-state index in [9.17, 15) is 14.4 Å². The van der Waals surface area contributed by atoms with Crippen molar-refractivity contribution in [2.45, 2.75) is 12.3 Å². The molecule has 29 heavy (non-hydrogen) atoms. The number of anilines is 1. The summed E-state index contributed by atoms with van der Waals surface area (Å²) in [6.45, 7) is 1.41. The molecule has 1 aliphatic rings. The average molecular weight is 415 g/mol. The number of carbonyl (C=O) groups is 3. The van der Waals surface area contributed by atoms with Gasteiger partial charge in [0.15, 0.2) is 0 Å². The Bertz CT molecular complexity index is 932. The second-order valence-corrected chi connectivity index (χ2v) is 7.30. The normalized spacial score (nSPS) is 15.8. The maximum absolute atomic E-state index is 12.7. The van der Waals surface area contributed by atoms with Crippen LogP contribution in [0.2, 0.25) is 0 Å². The summed E-state index contributed by atoms with van der Waals surface area (Å²) in [5.41, 5.74) is 4.39. The van der Waals surface area contributed by atoms with Crippen LogP contribution in [0.3, 0.4) is 0 Å². The van der Waals surface area contributed by atoms with Gasteiger partial charge in [-0.15, -0.1) is 11.8 Å². The molecule has 0 aromatic heterocycles. The zero-order valence-corrected chi connectivity index (χ0v) is 17.0. The Morgan fingerprint density at radius 3 is 2.45 bits per heavy atom. The first-order chi connectivity index (χ1) is 13.9. The molecule has 3 amide bonds. The number of ether oxygens (including phenoxy) is 2. The van der Waals surface area contributed by atoms with Gasteiger partial charge in [0, 0.05) is 29.8 Å². The van der Waals surface area contributed by atoms with Crippen molar-refractivity contribution in [1.29, 1.82) is 0 Å². The average Bonchev–Trinajstić information content (AvgIpc) is 3.07. The molecule has 2 aromatic carbocycles. The molecule has 152 valence electrons. The van der Waals surface area contributed by atoms with Crippen LogP contribution in [0.25, 0.3) is 0 Å². The summed E-state index contributed by atoms with van der Waals surface area (Å²) in [5.74, 6) is 0.610. The van der Waals surface area contributed by atoms with E-state index in [1.165, 1.54) is 23.7 Å². The second kappa shape index (κ2) is 8.87. The van der Waals surface area contributed by atoms with Crippen LogP contribution in [-0.2, 0) is 9.59 Å². The highest BCUT2D eigenvalue weighted by molar-refractivity contribution is 8.00. The number of methoxy groups -OCH3 is 2. The SMILES string of the molecule is COc1ccc(C2SCC(=O)N2NC(=O)c2ccc(NC(C)=O)cc2)c(OC)c1. The van der Waals surface area contributed by atoms with Crippen LogP contribution in [-0.4, -0.2) is 42.7 Å². The predicted octanol–water partition coefficient (Wildman–Crippen LogP) is 2.58. The van der Waals surface area contributed by atoms with Crippen LogP contribution in [0, 0.1) is 0 Å². The van der Waals surface area contributed by atoms with Crippen molar-refractivity contribution in [3.63, 3.8) is 0 Å². The summed E-state index contributed by atoms with van der Waals surface area (Å²) in [5, 5.41) is 3.53. The molecule has 1 saturated heterocycles. The Morgan fingerprint density at radius 1 is 1.10 bits per heavy atom. The molecular formula is C20H21N3O5S. The van der Waals surface area contributed by atoms with Gasteiger partial charge in [0.1, 0.15) is 16.9 Å². The van der Waals surface area contributed by atoms with Gasteiger partial charge in [0.05, 0.1) is 20.0 Å². The minimum Gasteiger partial charge on any atom is -0.497 e. The lowest BCUT2D eigenvalue weighted by atomic mass is 10.1. The van der Waals surface area contributed by atoms with Crippen LogP contribution in [0.15, 0.2) is 42.5 Å². The van der Waals surface area contributed by atoms with Gasteiger partial charge in [-0.2, -0.15) is 0 Å². The lowest BCUT2D eigenvalue weighted by Gasteiger charge is -2.26. The maximum Gasteiger partial charge on any atom is 0.269 e. The monoisotopic (exact) mass is 415 g/mol. The Balaban J connectivity index is 1.79. The number of nitrogens with one attached hydrogen (secondary N) is 2. The van der Waals surface area contributed by atoms with Crippen molar-refractivity contribution in [2.75, 3.05) is 25.3 Å². The molecule has 1 unspecified atom stereocenters. The lowest BCUT2D eigenvalue weighted by molar-refractivity contribution is -0.130. The summed E-state index contributed by atoms with van der Waals surface area (Å²) in [4.78, 5) is 36.2. The second-order valence-electron chi connectivity index (χ2n) is 6.23. The van der Waals surface area contributed by atoms with Crippen molar-refractivity contribution < 1.29 is 23.9 Å². The number of benzene rings is 2. The van der Waals surface area contributed by atoms with E-state index < -0.39 is 11.3 Å². The van der Waals surface area contributed by atoms with Gasteiger partial charge < -0.3 is 14.8 Å². The fourth-order valence-electron chi connectivity index (χ4n) is 2.88. The summed E-state index contributed by atoms with van der Waals surface area (Å²) < 4.78 is 10.7. The van der Waals surface area contributed by atoms with Crippen molar-refractivity contribution in [1.82, 2.24) is 10.4 Å². The van der Waals surface area contributed by atoms with E-state index in [0.29, 0.717) is 22.7 Å². The molecule has 1 heterocycles. The van der Waals surface area contributed by atoms with Gasteiger partial charge >= 0.3 is 0 Å². The molecule has 0 radical (unpaired) electrons.